The van der Waals surface area contributed by atoms with Gasteiger partial charge in [-0.05, 0) is 48.9 Å². The van der Waals surface area contributed by atoms with Gasteiger partial charge >= 0.3 is 0 Å². The van der Waals surface area contributed by atoms with Crippen molar-refractivity contribution >= 4 is 5.69 Å². The van der Waals surface area contributed by atoms with E-state index in [0.29, 0.717) is 41.3 Å². The number of fused-ring (bicyclic) bond motifs is 3. The standard InChI is InChI=1S/C23H23FN4O2/c1-27-21-6-8-25-13-20(21)19-5-4-17(10-22(19)27)28-9-7-18(11-23(28)29)30-14-16-3-2-15(24)12-26-16/h2-5,7,9-12,20-21,25H,6,8,13-14H2,1H3/i1D3,13D2. The van der Waals surface area contributed by atoms with E-state index >= 15 is 0 Å². The van der Waals surface area contributed by atoms with Crippen LogP contribution >= 0.6 is 0 Å². The van der Waals surface area contributed by atoms with Crippen LogP contribution in [-0.4, -0.2) is 35.6 Å². The fourth-order valence-corrected chi connectivity index (χ4v) is 3.97. The van der Waals surface area contributed by atoms with Gasteiger partial charge in [0.2, 0.25) is 0 Å². The van der Waals surface area contributed by atoms with Gasteiger partial charge in [0.05, 0.1) is 17.6 Å². The largest absolute Gasteiger partial charge is 0.487 e. The van der Waals surface area contributed by atoms with Gasteiger partial charge in [0, 0.05) is 50.2 Å². The third-order valence-electron chi connectivity index (χ3n) is 5.49. The first-order chi connectivity index (χ1) is 16.5. The molecule has 0 radical (unpaired) electrons. The molecule has 2 unspecified atom stereocenters. The monoisotopic (exact) mass is 411 g/mol. The van der Waals surface area contributed by atoms with E-state index in [1.54, 1.807) is 24.3 Å². The number of anilines is 1. The van der Waals surface area contributed by atoms with Crippen LogP contribution in [0.2, 0.25) is 0 Å². The van der Waals surface area contributed by atoms with E-state index in [9.17, 15) is 9.18 Å². The average molecular weight is 411 g/mol. The number of piperidine rings is 1. The molecule has 1 saturated heterocycles. The van der Waals surface area contributed by atoms with E-state index in [1.807, 2.05) is 0 Å². The van der Waals surface area contributed by atoms with E-state index in [4.69, 9.17) is 11.6 Å². The van der Waals surface area contributed by atoms with Crippen molar-refractivity contribution in [1.29, 1.82) is 0 Å². The summed E-state index contributed by atoms with van der Waals surface area (Å²) in [4.78, 5) is 18.1. The molecular weight excluding hydrogens is 383 g/mol. The molecule has 1 N–H and O–H groups in total. The summed E-state index contributed by atoms with van der Waals surface area (Å²) in [5.41, 5.74) is 1.59. The molecule has 0 aliphatic carbocycles. The van der Waals surface area contributed by atoms with E-state index in [-0.39, 0.29) is 12.2 Å². The van der Waals surface area contributed by atoms with Crippen LogP contribution in [0.5, 0.6) is 5.75 Å². The molecule has 1 fully saturated rings. The molecule has 2 aromatic heterocycles. The highest BCUT2D eigenvalue weighted by molar-refractivity contribution is 5.65. The molecule has 2 aliphatic rings. The molecule has 6 nitrogen and oxygen atoms in total. The quantitative estimate of drug-likeness (QED) is 0.716. The Balaban J connectivity index is 1.46. The number of hydrogen-bond acceptors (Lipinski definition) is 5. The van der Waals surface area contributed by atoms with Crippen molar-refractivity contribution < 1.29 is 16.0 Å². The molecule has 30 heavy (non-hydrogen) atoms. The van der Waals surface area contributed by atoms with E-state index < -0.39 is 31.2 Å². The Hall–Kier alpha value is -3.19. The van der Waals surface area contributed by atoms with Gasteiger partial charge in [-0.25, -0.2) is 4.39 Å². The second-order valence-corrected chi connectivity index (χ2v) is 7.35. The molecule has 7 heteroatoms. The van der Waals surface area contributed by atoms with Crippen LogP contribution in [0, 0.1) is 5.82 Å². The predicted octanol–water partition coefficient (Wildman–Crippen LogP) is 2.85. The highest BCUT2D eigenvalue weighted by Gasteiger charge is 2.37. The van der Waals surface area contributed by atoms with Crippen molar-refractivity contribution in [3.05, 3.63) is 82.3 Å². The molecule has 0 saturated carbocycles. The lowest BCUT2D eigenvalue weighted by atomic mass is 9.90. The Bertz CT molecular complexity index is 1310. The number of hydrogen-bond donors (Lipinski definition) is 1. The van der Waals surface area contributed by atoms with Crippen molar-refractivity contribution in [2.45, 2.75) is 25.0 Å². The molecule has 2 aliphatic heterocycles. The van der Waals surface area contributed by atoms with Crippen LogP contribution < -0.4 is 20.5 Å². The summed E-state index contributed by atoms with van der Waals surface area (Å²) in [7, 11) is 0. The van der Waals surface area contributed by atoms with Crippen molar-refractivity contribution in [3.8, 4) is 11.4 Å². The van der Waals surface area contributed by atoms with E-state index in [1.165, 1.54) is 33.9 Å². The van der Waals surface area contributed by atoms with Crippen LogP contribution in [0.1, 0.15) is 30.4 Å². The highest BCUT2D eigenvalue weighted by atomic mass is 19.1. The molecule has 0 spiro atoms. The number of benzene rings is 1. The normalized spacial score (nSPS) is 24.6. The summed E-state index contributed by atoms with van der Waals surface area (Å²) in [5.74, 6) is -0.782. The number of rotatable bonds is 4. The maximum Gasteiger partial charge on any atom is 0.258 e. The van der Waals surface area contributed by atoms with Crippen LogP contribution in [0.4, 0.5) is 10.1 Å². The lowest BCUT2D eigenvalue weighted by molar-refractivity contribution is 0.300. The Labute approximate surface area is 181 Å². The zero-order chi connectivity index (χ0) is 25.0. The second kappa shape index (κ2) is 7.57. The summed E-state index contributed by atoms with van der Waals surface area (Å²) in [6.07, 6.45) is 3.10. The first-order valence-electron chi connectivity index (χ1n) is 12.2. The van der Waals surface area contributed by atoms with Crippen LogP contribution in [0.15, 0.2) is 59.7 Å². The van der Waals surface area contributed by atoms with Gasteiger partial charge in [0.1, 0.15) is 18.2 Å². The van der Waals surface area contributed by atoms with Gasteiger partial charge in [-0.2, -0.15) is 0 Å². The maximum atomic E-state index is 13.0. The van der Waals surface area contributed by atoms with Crippen molar-refractivity contribution in [3.63, 3.8) is 0 Å². The summed E-state index contributed by atoms with van der Waals surface area (Å²) < 4.78 is 61.1. The number of pyridine rings is 2. The smallest absolute Gasteiger partial charge is 0.258 e. The molecule has 3 aromatic rings. The number of likely N-dealkylation sites (N-methyl/N-ethyl adjacent to an activating group) is 1. The van der Waals surface area contributed by atoms with Crippen molar-refractivity contribution in [2.75, 3.05) is 24.9 Å². The van der Waals surface area contributed by atoms with Gasteiger partial charge in [-0.3, -0.25) is 14.3 Å². The van der Waals surface area contributed by atoms with Crippen LogP contribution in [0.25, 0.3) is 5.69 Å². The maximum absolute atomic E-state index is 13.0. The molecule has 154 valence electrons. The number of halogens is 1. The zero-order valence-electron chi connectivity index (χ0n) is 21.0. The van der Waals surface area contributed by atoms with Crippen molar-refractivity contribution in [1.82, 2.24) is 14.9 Å². The Morgan fingerprint density at radius 3 is 3.07 bits per heavy atom. The van der Waals surface area contributed by atoms with Crippen LogP contribution in [-0.2, 0) is 6.61 Å². The number of nitrogens with one attached hydrogen (secondary N) is 1. The summed E-state index contributed by atoms with van der Waals surface area (Å²) in [6, 6.07) is 10.2. The van der Waals surface area contributed by atoms with Crippen LogP contribution in [0.3, 0.4) is 0 Å². The first-order valence-corrected chi connectivity index (χ1v) is 9.69. The summed E-state index contributed by atoms with van der Waals surface area (Å²) in [5, 5.41) is 2.86. The Kier molecular flexibility index (Phi) is 3.51. The molecule has 2 atom stereocenters. The molecule has 4 heterocycles. The molecule has 1 aromatic carbocycles. The molecule has 5 rings (SSSR count). The SMILES string of the molecule is [2H]C1([2H])NCCC2C1c1ccc(-n3ccc(OCc4ccc(F)cn4)cc3=O)cc1N2C([2H])([2H])[2H]. The predicted molar refractivity (Wildman–Crippen MR) is 113 cm³/mol. The van der Waals surface area contributed by atoms with Crippen molar-refractivity contribution in [2.24, 2.45) is 0 Å². The minimum Gasteiger partial charge on any atom is -0.487 e. The molecule has 0 bridgehead atoms. The van der Waals surface area contributed by atoms with E-state index in [2.05, 4.69) is 10.3 Å². The first kappa shape index (κ1) is 13.9. The topological polar surface area (TPSA) is 59.4 Å². The highest BCUT2D eigenvalue weighted by Crippen LogP contribution is 2.42. The fraction of sp³-hybridized carbons (Fsp3) is 0.304. The van der Waals surface area contributed by atoms with Gasteiger partial charge in [-0.1, -0.05) is 6.07 Å². The summed E-state index contributed by atoms with van der Waals surface area (Å²) in [6.45, 7) is -3.78. The minimum absolute atomic E-state index is 0.0644. The second-order valence-electron chi connectivity index (χ2n) is 7.35. The zero-order valence-corrected chi connectivity index (χ0v) is 16.0. The van der Waals surface area contributed by atoms with Gasteiger partial charge in [0.25, 0.3) is 5.56 Å². The summed E-state index contributed by atoms with van der Waals surface area (Å²) >= 11 is 0. The lowest BCUT2D eigenvalue weighted by Gasteiger charge is -2.31. The van der Waals surface area contributed by atoms with E-state index in [0.717, 1.165) is 6.20 Å². The molecular formula is C23H23FN4O2. The Morgan fingerprint density at radius 1 is 1.33 bits per heavy atom. The number of aromatic nitrogens is 2. The van der Waals surface area contributed by atoms with Gasteiger partial charge < -0.3 is 15.0 Å². The lowest BCUT2D eigenvalue weighted by Crippen LogP contribution is -2.42. The fourth-order valence-electron chi connectivity index (χ4n) is 3.97. The Morgan fingerprint density at radius 2 is 2.27 bits per heavy atom. The third-order valence-corrected chi connectivity index (χ3v) is 5.49. The third kappa shape index (κ3) is 3.35. The molecule has 0 amide bonds. The van der Waals surface area contributed by atoms with Gasteiger partial charge in [0.15, 0.2) is 0 Å². The number of nitrogens with zero attached hydrogens (tertiary/aromatic N) is 3. The average Bonchev–Trinajstić information content (AvgIpc) is 3.14. The van der Waals surface area contributed by atoms with Gasteiger partial charge in [-0.15, -0.1) is 0 Å². The number of ether oxygens (including phenoxy) is 1. The minimum atomic E-state index is -2.46.